The van der Waals surface area contributed by atoms with Gasteiger partial charge >= 0.3 is 0 Å². The first kappa shape index (κ1) is 9.40. The van der Waals surface area contributed by atoms with Gasteiger partial charge in [0, 0.05) is 27.2 Å². The Kier molecular flexibility index (Phi) is 2.68. The van der Waals surface area contributed by atoms with Gasteiger partial charge in [0.1, 0.15) is 0 Å². The van der Waals surface area contributed by atoms with Crippen LogP contribution in [0.3, 0.4) is 0 Å². The molecule has 0 atom stereocenters. The number of hydrogen-bond acceptors (Lipinski definition) is 2. The summed E-state index contributed by atoms with van der Waals surface area (Å²) in [4.78, 5) is 0. The van der Waals surface area contributed by atoms with E-state index in [1.807, 2.05) is 27.7 Å². The van der Waals surface area contributed by atoms with Crippen molar-refractivity contribution in [1.29, 1.82) is 0 Å². The second-order valence-corrected chi connectivity index (χ2v) is 3.84. The predicted molar refractivity (Wildman–Crippen MR) is 44.4 cm³/mol. The number of nitrogens with one attached hydrogen (secondary N) is 1. The van der Waals surface area contributed by atoms with Gasteiger partial charge in [0.15, 0.2) is 0 Å². The molecule has 0 aliphatic heterocycles. The minimum absolute atomic E-state index is 0.0764. The van der Waals surface area contributed by atoms with E-state index in [1.165, 1.54) is 0 Å². The molecule has 0 amide bonds. The summed E-state index contributed by atoms with van der Waals surface area (Å²) in [5, 5.41) is 0. The topological polar surface area (TPSA) is 38.0 Å². The van der Waals surface area contributed by atoms with Crippen molar-refractivity contribution in [2.45, 2.75) is 38.8 Å². The van der Waals surface area contributed by atoms with Gasteiger partial charge in [0.2, 0.25) is 0 Å². The zero-order valence-electron chi connectivity index (χ0n) is 6.46. The van der Waals surface area contributed by atoms with Crippen LogP contribution in [0.5, 0.6) is 0 Å². The molecule has 2 nitrogen and oxygen atoms in total. The quantitative estimate of drug-likeness (QED) is 0.653. The summed E-state index contributed by atoms with van der Waals surface area (Å²) in [6, 6.07) is 0. The minimum Gasteiger partial charge on any atom is -0.324 e. The molecule has 0 radical (unpaired) electrons. The van der Waals surface area contributed by atoms with Crippen molar-refractivity contribution in [2.24, 2.45) is 5.73 Å². The van der Waals surface area contributed by atoms with Crippen LogP contribution in [0.15, 0.2) is 0 Å². The maximum Gasteiger partial charge on any atom is 0.0403 e. The molecule has 56 valence electrons. The summed E-state index contributed by atoms with van der Waals surface area (Å²) < 4.78 is 2.97. The summed E-state index contributed by atoms with van der Waals surface area (Å²) in [6.07, 6.45) is 0. The molecule has 0 saturated heterocycles. The SMILES string of the molecule is CC(C)(N)C(C)(C)NBr. The van der Waals surface area contributed by atoms with Gasteiger partial charge in [-0.05, 0) is 27.7 Å². The van der Waals surface area contributed by atoms with Gasteiger partial charge < -0.3 is 5.73 Å². The van der Waals surface area contributed by atoms with Gasteiger partial charge in [-0.25, -0.2) is 4.34 Å². The third-order valence-electron chi connectivity index (χ3n) is 1.85. The van der Waals surface area contributed by atoms with Gasteiger partial charge in [-0.3, -0.25) is 0 Å². The van der Waals surface area contributed by atoms with Crippen LogP contribution in [0.25, 0.3) is 0 Å². The van der Waals surface area contributed by atoms with Crippen LogP contribution in [0.2, 0.25) is 0 Å². The summed E-state index contributed by atoms with van der Waals surface area (Å²) in [5.74, 6) is 0. The Balaban J connectivity index is 4.14. The molecule has 0 rings (SSSR count). The fraction of sp³-hybridized carbons (Fsp3) is 1.00. The van der Waals surface area contributed by atoms with Crippen LogP contribution in [0.4, 0.5) is 0 Å². The van der Waals surface area contributed by atoms with Gasteiger partial charge in [-0.15, -0.1) is 0 Å². The van der Waals surface area contributed by atoms with Gasteiger partial charge in [-0.1, -0.05) is 0 Å². The van der Waals surface area contributed by atoms with Gasteiger partial charge in [0.25, 0.3) is 0 Å². The maximum atomic E-state index is 5.83. The second kappa shape index (κ2) is 2.56. The molecule has 0 heterocycles. The Morgan fingerprint density at radius 1 is 1.22 bits per heavy atom. The second-order valence-electron chi connectivity index (χ2n) is 3.44. The fourth-order valence-corrected chi connectivity index (χ4v) is 0.633. The van der Waals surface area contributed by atoms with Crippen LogP contribution in [0, 0.1) is 0 Å². The average Bonchev–Trinajstić information content (AvgIpc) is 1.64. The number of halogens is 1. The molecule has 0 bridgehead atoms. The highest BCUT2D eigenvalue weighted by molar-refractivity contribution is 9.08. The molecule has 3 heteroatoms. The monoisotopic (exact) mass is 194 g/mol. The van der Waals surface area contributed by atoms with E-state index in [-0.39, 0.29) is 11.1 Å². The third-order valence-corrected chi connectivity index (χ3v) is 2.84. The van der Waals surface area contributed by atoms with Crippen LogP contribution in [-0.2, 0) is 0 Å². The Hall–Kier alpha value is 0.400. The van der Waals surface area contributed by atoms with Crippen molar-refractivity contribution in [2.75, 3.05) is 0 Å². The molecular formula is C6H15BrN2. The standard InChI is InChI=1S/C6H15BrN2/c1-5(2,8)6(3,4)9-7/h9H,8H2,1-4H3. The summed E-state index contributed by atoms with van der Waals surface area (Å²) in [5.41, 5.74) is 5.54. The first-order chi connectivity index (χ1) is 3.81. The van der Waals surface area contributed by atoms with E-state index in [9.17, 15) is 0 Å². The summed E-state index contributed by atoms with van der Waals surface area (Å²) >= 11 is 3.18. The smallest absolute Gasteiger partial charge is 0.0403 e. The van der Waals surface area contributed by atoms with E-state index in [0.29, 0.717) is 0 Å². The van der Waals surface area contributed by atoms with Gasteiger partial charge in [-0.2, -0.15) is 0 Å². The first-order valence-corrected chi connectivity index (χ1v) is 3.77. The molecule has 3 N–H and O–H groups in total. The Morgan fingerprint density at radius 3 is 1.56 bits per heavy atom. The van der Waals surface area contributed by atoms with Crippen molar-refractivity contribution in [3.63, 3.8) is 0 Å². The van der Waals surface area contributed by atoms with Crippen molar-refractivity contribution >= 4 is 16.1 Å². The average molecular weight is 195 g/mol. The molecule has 0 saturated carbocycles. The van der Waals surface area contributed by atoms with E-state index in [2.05, 4.69) is 20.5 Å². The van der Waals surface area contributed by atoms with Crippen LogP contribution < -0.4 is 10.1 Å². The molecule has 0 spiro atoms. The predicted octanol–water partition coefficient (Wildman–Crippen LogP) is 1.40. The lowest BCUT2D eigenvalue weighted by Gasteiger charge is -2.37. The zero-order valence-corrected chi connectivity index (χ0v) is 8.04. The number of rotatable bonds is 2. The van der Waals surface area contributed by atoms with E-state index in [1.54, 1.807) is 0 Å². The highest BCUT2D eigenvalue weighted by Crippen LogP contribution is 2.18. The molecule has 0 aromatic rings. The number of nitrogens with two attached hydrogens (primary N) is 1. The van der Waals surface area contributed by atoms with E-state index in [0.717, 1.165) is 0 Å². The number of hydrogen-bond donors (Lipinski definition) is 2. The first-order valence-electron chi connectivity index (χ1n) is 2.98. The highest BCUT2D eigenvalue weighted by Gasteiger charge is 2.31. The van der Waals surface area contributed by atoms with Crippen LogP contribution >= 0.6 is 16.1 Å². The molecule has 0 aromatic carbocycles. The zero-order chi connectivity index (χ0) is 7.71. The molecule has 0 fully saturated rings. The largest absolute Gasteiger partial charge is 0.324 e. The van der Waals surface area contributed by atoms with Crippen molar-refractivity contribution in [3.05, 3.63) is 0 Å². The molecule has 0 aromatic heterocycles. The molecule has 0 aliphatic carbocycles. The maximum absolute atomic E-state index is 5.83. The third kappa shape index (κ3) is 2.24. The van der Waals surface area contributed by atoms with Crippen LogP contribution in [-0.4, -0.2) is 11.1 Å². The van der Waals surface area contributed by atoms with Crippen LogP contribution in [0.1, 0.15) is 27.7 Å². The van der Waals surface area contributed by atoms with E-state index in [4.69, 9.17) is 5.73 Å². The van der Waals surface area contributed by atoms with E-state index >= 15 is 0 Å². The molecule has 0 aliphatic rings. The minimum atomic E-state index is -0.212. The summed E-state index contributed by atoms with van der Waals surface area (Å²) in [6.45, 7) is 8.06. The molecule has 0 unspecified atom stereocenters. The lowest BCUT2D eigenvalue weighted by atomic mass is 9.85. The summed E-state index contributed by atoms with van der Waals surface area (Å²) in [7, 11) is 0. The Morgan fingerprint density at radius 2 is 1.56 bits per heavy atom. The van der Waals surface area contributed by atoms with Gasteiger partial charge in [0.05, 0.1) is 0 Å². The van der Waals surface area contributed by atoms with Crippen molar-refractivity contribution in [1.82, 2.24) is 4.34 Å². The normalized spacial score (nSPS) is 14.0. The lowest BCUT2D eigenvalue weighted by molar-refractivity contribution is 0.292. The fourth-order valence-electron chi connectivity index (χ4n) is 0.122. The molecular weight excluding hydrogens is 180 g/mol. The van der Waals surface area contributed by atoms with Crippen molar-refractivity contribution < 1.29 is 0 Å². The Bertz CT molecular complexity index is 93.7. The molecule has 9 heavy (non-hydrogen) atoms. The van der Waals surface area contributed by atoms with E-state index < -0.39 is 0 Å². The highest BCUT2D eigenvalue weighted by atomic mass is 79.9. The Labute approximate surface area is 65.5 Å². The van der Waals surface area contributed by atoms with Crippen molar-refractivity contribution in [3.8, 4) is 0 Å². The lowest BCUT2D eigenvalue weighted by Crippen LogP contribution is -2.58.